The van der Waals surface area contributed by atoms with Crippen LogP contribution < -0.4 is 0 Å². The number of hydrogen-bond donors (Lipinski definition) is 2. The van der Waals surface area contributed by atoms with Crippen molar-refractivity contribution in [3.05, 3.63) is 0 Å². The van der Waals surface area contributed by atoms with Crippen LogP contribution in [0.5, 0.6) is 0 Å². The first-order chi connectivity index (χ1) is 13.0. The van der Waals surface area contributed by atoms with Gasteiger partial charge in [-0.05, 0) is 138 Å². The minimum Gasteiger partial charge on any atom is -0.390 e. The first kappa shape index (κ1) is 21.2. The molecule has 2 nitrogen and oxygen atoms in total. The van der Waals surface area contributed by atoms with Crippen LogP contribution in [0.15, 0.2) is 0 Å². The molecule has 3 unspecified atom stereocenters. The molecule has 0 aromatic carbocycles. The zero-order valence-electron chi connectivity index (χ0n) is 19.2. The molecule has 4 fully saturated rings. The highest BCUT2D eigenvalue weighted by Gasteiger charge is 2.58. The minimum atomic E-state index is -0.522. The Bertz CT molecular complexity index is 561. The summed E-state index contributed by atoms with van der Waals surface area (Å²) < 4.78 is 0. The molecule has 9 atom stereocenters. The van der Waals surface area contributed by atoms with Crippen LogP contribution in [0.2, 0.25) is 0 Å². The fourth-order valence-corrected chi connectivity index (χ4v) is 8.84. The van der Waals surface area contributed by atoms with E-state index in [2.05, 4.69) is 20.8 Å². The Morgan fingerprint density at radius 3 is 2.36 bits per heavy atom. The summed E-state index contributed by atoms with van der Waals surface area (Å²) >= 11 is 0. The number of aliphatic hydroxyl groups is 2. The maximum atomic E-state index is 10.6. The van der Waals surface area contributed by atoms with Crippen LogP contribution in [-0.2, 0) is 0 Å². The summed E-state index contributed by atoms with van der Waals surface area (Å²) in [5.41, 5.74) is -0.385. The first-order valence-corrected chi connectivity index (χ1v) is 12.4. The van der Waals surface area contributed by atoms with Crippen LogP contribution in [-0.4, -0.2) is 21.4 Å². The number of rotatable bonds is 4. The topological polar surface area (TPSA) is 40.5 Å². The van der Waals surface area contributed by atoms with Crippen LogP contribution in [0.4, 0.5) is 0 Å². The molecule has 28 heavy (non-hydrogen) atoms. The predicted molar refractivity (Wildman–Crippen MR) is 116 cm³/mol. The van der Waals surface area contributed by atoms with Gasteiger partial charge in [-0.3, -0.25) is 0 Å². The van der Waals surface area contributed by atoms with Crippen molar-refractivity contribution in [2.75, 3.05) is 0 Å². The van der Waals surface area contributed by atoms with E-state index in [1.807, 2.05) is 13.8 Å². The van der Waals surface area contributed by atoms with E-state index < -0.39 is 11.2 Å². The lowest BCUT2D eigenvalue weighted by Gasteiger charge is -2.57. The van der Waals surface area contributed by atoms with Crippen molar-refractivity contribution >= 4 is 0 Å². The highest BCUT2D eigenvalue weighted by Crippen LogP contribution is 2.65. The average Bonchev–Trinajstić information content (AvgIpc) is 2.95. The van der Waals surface area contributed by atoms with E-state index >= 15 is 0 Å². The largest absolute Gasteiger partial charge is 0.390 e. The van der Waals surface area contributed by atoms with E-state index in [0.717, 1.165) is 60.7 Å². The summed E-state index contributed by atoms with van der Waals surface area (Å²) in [5.74, 6) is 6.11. The Hall–Kier alpha value is -0.0800. The lowest BCUT2D eigenvalue weighted by molar-refractivity contribution is -0.103. The van der Waals surface area contributed by atoms with Gasteiger partial charge in [0.15, 0.2) is 0 Å². The van der Waals surface area contributed by atoms with Gasteiger partial charge in [0.2, 0.25) is 0 Å². The van der Waals surface area contributed by atoms with Crippen LogP contribution in [0.1, 0.15) is 105 Å². The molecule has 4 aliphatic rings. The van der Waals surface area contributed by atoms with Crippen molar-refractivity contribution in [3.8, 4) is 0 Å². The van der Waals surface area contributed by atoms with Gasteiger partial charge in [-0.2, -0.15) is 0 Å². The van der Waals surface area contributed by atoms with Gasteiger partial charge in [0.1, 0.15) is 0 Å². The zero-order chi connectivity index (χ0) is 20.3. The molecule has 0 aromatic rings. The highest BCUT2D eigenvalue weighted by molar-refractivity contribution is 5.07. The minimum absolute atomic E-state index is 0.397. The van der Waals surface area contributed by atoms with Gasteiger partial charge in [0.05, 0.1) is 11.2 Å². The maximum Gasteiger partial charge on any atom is 0.0622 e. The third-order valence-electron chi connectivity index (χ3n) is 10.2. The van der Waals surface area contributed by atoms with Gasteiger partial charge >= 0.3 is 0 Å². The SMILES string of the molecule is C[C@H](CCC(C)(C)O)[C@H]1CCC2C3CC[C@@H]4C[C@@](C)(O)CC[C@@H]4C3CC[C@@]21C. The molecule has 0 spiro atoms. The molecule has 0 bridgehead atoms. The molecule has 0 aliphatic heterocycles. The molecule has 0 amide bonds. The molecular formula is C26H46O2. The van der Waals surface area contributed by atoms with Gasteiger partial charge in [-0.25, -0.2) is 0 Å². The summed E-state index contributed by atoms with van der Waals surface area (Å²) in [6.07, 6.45) is 14.0. The smallest absolute Gasteiger partial charge is 0.0622 e. The van der Waals surface area contributed by atoms with Gasteiger partial charge < -0.3 is 10.2 Å². The Labute approximate surface area is 173 Å². The van der Waals surface area contributed by atoms with E-state index in [-0.39, 0.29) is 0 Å². The van der Waals surface area contributed by atoms with Crippen LogP contribution in [0, 0.1) is 46.8 Å². The van der Waals surface area contributed by atoms with E-state index in [1.54, 1.807) is 0 Å². The van der Waals surface area contributed by atoms with Crippen molar-refractivity contribution in [1.82, 2.24) is 0 Å². The average molecular weight is 391 g/mol. The quantitative estimate of drug-likeness (QED) is 0.600. The van der Waals surface area contributed by atoms with Crippen molar-refractivity contribution in [2.24, 2.45) is 46.8 Å². The summed E-state index contributed by atoms with van der Waals surface area (Å²) in [5, 5.41) is 20.8. The fourth-order valence-electron chi connectivity index (χ4n) is 8.84. The second kappa shape index (κ2) is 7.26. The molecule has 4 aliphatic carbocycles. The van der Waals surface area contributed by atoms with Crippen LogP contribution >= 0.6 is 0 Å². The molecule has 2 N–H and O–H groups in total. The van der Waals surface area contributed by atoms with Gasteiger partial charge in [0.25, 0.3) is 0 Å². The van der Waals surface area contributed by atoms with Crippen molar-refractivity contribution in [2.45, 2.75) is 116 Å². The maximum absolute atomic E-state index is 10.6. The van der Waals surface area contributed by atoms with E-state index in [9.17, 15) is 10.2 Å². The Morgan fingerprint density at radius 1 is 0.929 bits per heavy atom. The number of fused-ring (bicyclic) bond motifs is 5. The zero-order valence-corrected chi connectivity index (χ0v) is 19.2. The second-order valence-corrected chi connectivity index (χ2v) is 12.7. The predicted octanol–water partition coefficient (Wildman–Crippen LogP) is 6.19. The molecule has 4 saturated carbocycles. The molecule has 162 valence electrons. The number of hydrogen-bond acceptors (Lipinski definition) is 2. The third-order valence-corrected chi connectivity index (χ3v) is 10.2. The summed E-state index contributed by atoms with van der Waals surface area (Å²) in [6.45, 7) is 11.1. The van der Waals surface area contributed by atoms with Crippen molar-refractivity contribution < 1.29 is 10.2 Å². The molecule has 0 heterocycles. The third kappa shape index (κ3) is 3.82. The molecule has 0 radical (unpaired) electrons. The Balaban J connectivity index is 1.45. The Morgan fingerprint density at radius 2 is 1.64 bits per heavy atom. The van der Waals surface area contributed by atoms with E-state index in [0.29, 0.717) is 5.41 Å². The summed E-state index contributed by atoms with van der Waals surface area (Å²) in [4.78, 5) is 0. The van der Waals surface area contributed by atoms with Crippen molar-refractivity contribution in [1.29, 1.82) is 0 Å². The lowest BCUT2D eigenvalue weighted by atomic mass is 9.48. The molecule has 2 heteroatoms. The van der Waals surface area contributed by atoms with Gasteiger partial charge in [-0.1, -0.05) is 13.8 Å². The monoisotopic (exact) mass is 390 g/mol. The first-order valence-electron chi connectivity index (χ1n) is 12.4. The second-order valence-electron chi connectivity index (χ2n) is 12.7. The lowest BCUT2D eigenvalue weighted by Crippen LogP contribution is -2.50. The molecular weight excluding hydrogens is 344 g/mol. The normalized spacial score (nSPS) is 49.8. The molecule has 4 rings (SSSR count). The fraction of sp³-hybridized carbons (Fsp3) is 1.00. The van der Waals surface area contributed by atoms with Crippen molar-refractivity contribution in [3.63, 3.8) is 0 Å². The van der Waals surface area contributed by atoms with Crippen LogP contribution in [0.25, 0.3) is 0 Å². The summed E-state index contributed by atoms with van der Waals surface area (Å²) in [7, 11) is 0. The highest BCUT2D eigenvalue weighted by atomic mass is 16.3. The van der Waals surface area contributed by atoms with Crippen LogP contribution in [0.3, 0.4) is 0 Å². The Kier molecular flexibility index (Phi) is 5.49. The van der Waals surface area contributed by atoms with Gasteiger partial charge in [0, 0.05) is 0 Å². The standard InChI is InChI=1S/C26H46O2/c1-17(10-13-24(2,3)27)22-8-9-23-21-7-6-18-16-25(4,28)14-11-19(18)20(21)12-15-26(22,23)5/h17-23,27-28H,6-16H2,1-5H3/t17-,18-,19+,20?,21?,22-,23?,25+,26-/m1/s1. The van der Waals surface area contributed by atoms with E-state index in [4.69, 9.17) is 0 Å². The summed E-state index contributed by atoms with van der Waals surface area (Å²) in [6, 6.07) is 0. The molecule has 0 aromatic heterocycles. The van der Waals surface area contributed by atoms with Gasteiger partial charge in [-0.15, -0.1) is 0 Å². The van der Waals surface area contributed by atoms with E-state index in [1.165, 1.54) is 51.4 Å². The molecule has 0 saturated heterocycles.